The molecule has 10 heteroatoms. The van der Waals surface area contributed by atoms with Gasteiger partial charge in [0.1, 0.15) is 0 Å². The summed E-state index contributed by atoms with van der Waals surface area (Å²) in [6.07, 6.45) is 1.31. The maximum absolute atomic E-state index is 14.1. The first-order valence-electron chi connectivity index (χ1n) is 13.6. The van der Waals surface area contributed by atoms with Gasteiger partial charge in [-0.05, 0) is 62.8 Å². The van der Waals surface area contributed by atoms with Crippen molar-refractivity contribution in [3.05, 3.63) is 0 Å². The molecule has 35 heavy (non-hydrogen) atoms. The molecule has 2 aliphatic carbocycles. The lowest BCUT2D eigenvalue weighted by atomic mass is 9.68. The number of nitrogens with one attached hydrogen (secondary N) is 2. The molecule has 7 nitrogen and oxygen atoms in total. The lowest BCUT2D eigenvalue weighted by Gasteiger charge is -2.43. The predicted molar refractivity (Wildman–Crippen MR) is 126 cm³/mol. The van der Waals surface area contributed by atoms with Gasteiger partial charge >= 0.3 is 6.18 Å². The van der Waals surface area contributed by atoms with Crippen LogP contribution in [0.15, 0.2) is 0 Å². The summed E-state index contributed by atoms with van der Waals surface area (Å²) in [5.41, 5.74) is 6.49. The summed E-state index contributed by atoms with van der Waals surface area (Å²) >= 11 is 0. The third-order valence-electron chi connectivity index (χ3n) is 9.75. The summed E-state index contributed by atoms with van der Waals surface area (Å²) in [7, 11) is 2.09. The van der Waals surface area contributed by atoms with Crippen LogP contribution >= 0.6 is 0 Å². The number of carbonyl (C=O) groups excluding carboxylic acids is 1. The van der Waals surface area contributed by atoms with Gasteiger partial charge in [-0.2, -0.15) is 13.2 Å². The second-order valence-corrected chi connectivity index (χ2v) is 12.2. The van der Waals surface area contributed by atoms with Crippen LogP contribution in [0.4, 0.5) is 13.2 Å². The highest BCUT2D eigenvalue weighted by Crippen LogP contribution is 2.51. The SMILES string of the molecule is C[C@H](CC1NNCN1C)C1CCCC(N2CC3C(CC(CN4CC(O)C4)CC3C(F)(F)F)C2=O)C1. The number of aliphatic hydroxyl groups is 1. The Hall–Kier alpha value is -0.940. The van der Waals surface area contributed by atoms with Gasteiger partial charge in [-0.1, -0.05) is 19.8 Å². The number of fused-ring (bicyclic) bond motifs is 1. The molecule has 200 valence electrons. The van der Waals surface area contributed by atoms with Gasteiger partial charge in [0.05, 0.1) is 24.9 Å². The van der Waals surface area contributed by atoms with E-state index in [9.17, 15) is 23.1 Å². The van der Waals surface area contributed by atoms with E-state index in [0.717, 1.165) is 38.8 Å². The zero-order chi connectivity index (χ0) is 24.9. The molecule has 0 aromatic rings. The molecule has 3 aliphatic heterocycles. The highest BCUT2D eigenvalue weighted by molar-refractivity contribution is 5.82. The summed E-state index contributed by atoms with van der Waals surface area (Å²) in [5, 5.41) is 9.56. The zero-order valence-electron chi connectivity index (χ0n) is 21.0. The number of rotatable bonds is 6. The Morgan fingerprint density at radius 1 is 1.14 bits per heavy atom. The maximum Gasteiger partial charge on any atom is 0.392 e. The Morgan fingerprint density at radius 2 is 1.91 bits per heavy atom. The largest absolute Gasteiger partial charge is 0.392 e. The van der Waals surface area contributed by atoms with E-state index in [4.69, 9.17) is 0 Å². The predicted octanol–water partition coefficient (Wildman–Crippen LogP) is 2.23. The van der Waals surface area contributed by atoms with Crippen molar-refractivity contribution < 1.29 is 23.1 Å². The Balaban J connectivity index is 1.24. The van der Waals surface area contributed by atoms with Crippen LogP contribution in [-0.4, -0.2) is 90.1 Å². The van der Waals surface area contributed by atoms with Gasteiger partial charge in [0.25, 0.3) is 0 Å². The Kier molecular flexibility index (Phi) is 7.40. The number of alkyl halides is 3. The number of β-amino-alcohol motifs (C(OH)–C–C–N with tert-alkyl or cyclic N) is 1. The fraction of sp³-hybridized carbons (Fsp3) is 0.960. The van der Waals surface area contributed by atoms with E-state index in [2.05, 4.69) is 29.7 Å². The topological polar surface area (TPSA) is 71.1 Å². The Morgan fingerprint density at radius 3 is 2.57 bits per heavy atom. The van der Waals surface area contributed by atoms with E-state index in [-0.39, 0.29) is 36.9 Å². The third kappa shape index (κ3) is 5.37. The van der Waals surface area contributed by atoms with Gasteiger partial charge in [-0.3, -0.25) is 14.6 Å². The maximum atomic E-state index is 14.1. The van der Waals surface area contributed by atoms with Crippen LogP contribution in [-0.2, 0) is 4.79 Å². The smallest absolute Gasteiger partial charge is 0.390 e. The molecule has 2 saturated carbocycles. The fourth-order valence-corrected chi connectivity index (χ4v) is 7.72. The second kappa shape index (κ2) is 10.1. The first-order chi connectivity index (χ1) is 16.6. The Labute approximate surface area is 206 Å². The van der Waals surface area contributed by atoms with Crippen LogP contribution in [0.5, 0.6) is 0 Å². The van der Waals surface area contributed by atoms with Crippen LogP contribution in [0, 0.1) is 35.5 Å². The summed E-state index contributed by atoms with van der Waals surface area (Å²) in [4.78, 5) is 19.7. The highest BCUT2D eigenvalue weighted by atomic mass is 19.4. The van der Waals surface area contributed by atoms with E-state index < -0.39 is 23.9 Å². The number of halogens is 3. The molecule has 0 radical (unpaired) electrons. The van der Waals surface area contributed by atoms with E-state index in [0.29, 0.717) is 44.1 Å². The van der Waals surface area contributed by atoms with Gasteiger partial charge in [0.2, 0.25) is 5.91 Å². The number of hydrazine groups is 1. The minimum absolute atomic E-state index is 0.0303. The van der Waals surface area contributed by atoms with Gasteiger partial charge in [0.15, 0.2) is 0 Å². The molecular weight excluding hydrogens is 459 g/mol. The van der Waals surface area contributed by atoms with Crippen molar-refractivity contribution in [1.29, 1.82) is 0 Å². The van der Waals surface area contributed by atoms with E-state index in [1.54, 1.807) is 0 Å². The standard InChI is InChI=1S/C25H42F3N5O2/c1-15(6-23-30-29-14-31(23)2)17-4-3-5-18(9-17)33-13-21-20(24(33)35)7-16(8-22(21)25(26,27)28)10-32-11-19(34)12-32/h15-23,29-30,34H,3-14H2,1-2H3/t15-,16?,17?,18?,20?,21?,22?,23?/m1/s1. The summed E-state index contributed by atoms with van der Waals surface area (Å²) in [5.74, 6) is -1.71. The van der Waals surface area contributed by atoms with E-state index in [1.165, 1.54) is 0 Å². The Bertz CT molecular complexity index is 764. The number of hydrogen-bond donors (Lipinski definition) is 3. The molecule has 5 aliphatic rings. The van der Waals surface area contributed by atoms with Crippen molar-refractivity contribution in [2.75, 3.05) is 39.9 Å². The van der Waals surface area contributed by atoms with Crippen LogP contribution in [0.3, 0.4) is 0 Å². The number of nitrogens with zero attached hydrogens (tertiary/aromatic N) is 3. The molecule has 3 N–H and O–H groups in total. The fourth-order valence-electron chi connectivity index (χ4n) is 7.72. The number of hydrogen-bond acceptors (Lipinski definition) is 6. The van der Waals surface area contributed by atoms with E-state index in [1.807, 2.05) is 9.80 Å². The summed E-state index contributed by atoms with van der Waals surface area (Å²) in [6, 6.07) is 0.0690. The first kappa shape index (κ1) is 25.7. The molecular formula is C25H42F3N5O2. The molecule has 1 amide bonds. The van der Waals surface area contributed by atoms with Crippen molar-refractivity contribution in [3.8, 4) is 0 Å². The van der Waals surface area contributed by atoms with Crippen molar-refractivity contribution in [2.45, 2.75) is 76.4 Å². The van der Waals surface area contributed by atoms with Crippen molar-refractivity contribution in [3.63, 3.8) is 0 Å². The molecule has 5 rings (SSSR count). The van der Waals surface area contributed by atoms with Crippen LogP contribution < -0.4 is 10.9 Å². The highest BCUT2D eigenvalue weighted by Gasteiger charge is 2.57. The lowest BCUT2D eigenvalue weighted by Crippen LogP contribution is -2.53. The van der Waals surface area contributed by atoms with Crippen molar-refractivity contribution in [2.24, 2.45) is 35.5 Å². The average Bonchev–Trinajstić information content (AvgIpc) is 3.34. The van der Waals surface area contributed by atoms with Crippen molar-refractivity contribution >= 4 is 5.91 Å². The van der Waals surface area contributed by atoms with Gasteiger partial charge in [-0.25, -0.2) is 10.9 Å². The van der Waals surface area contributed by atoms with Crippen molar-refractivity contribution in [1.82, 2.24) is 25.6 Å². The summed E-state index contributed by atoms with van der Waals surface area (Å²) < 4.78 is 42.4. The third-order valence-corrected chi connectivity index (χ3v) is 9.75. The molecule has 0 aromatic carbocycles. The molecule has 0 aromatic heterocycles. The average molecular weight is 502 g/mol. The minimum atomic E-state index is -4.27. The number of carbonyl (C=O) groups is 1. The lowest BCUT2D eigenvalue weighted by molar-refractivity contribution is -0.205. The molecule has 0 spiro atoms. The van der Waals surface area contributed by atoms with Crippen LogP contribution in [0.25, 0.3) is 0 Å². The molecule has 7 unspecified atom stereocenters. The van der Waals surface area contributed by atoms with Gasteiger partial charge < -0.3 is 10.0 Å². The molecule has 8 atom stereocenters. The number of amides is 1. The van der Waals surface area contributed by atoms with Gasteiger partial charge in [0, 0.05) is 38.1 Å². The number of likely N-dealkylation sites (tertiary alicyclic amines) is 2. The van der Waals surface area contributed by atoms with Crippen LogP contribution in [0.1, 0.15) is 51.9 Å². The number of aliphatic hydroxyl groups excluding tert-OH is 1. The van der Waals surface area contributed by atoms with Gasteiger partial charge in [-0.15, -0.1) is 0 Å². The first-order valence-corrected chi connectivity index (χ1v) is 13.6. The molecule has 3 saturated heterocycles. The normalized spacial score (nSPS) is 40.7. The molecule has 0 bridgehead atoms. The molecule has 3 heterocycles. The second-order valence-electron chi connectivity index (χ2n) is 12.2. The summed E-state index contributed by atoms with van der Waals surface area (Å²) in [6.45, 7) is 4.99. The van der Waals surface area contributed by atoms with Crippen LogP contribution in [0.2, 0.25) is 0 Å². The molecule has 5 fully saturated rings. The minimum Gasteiger partial charge on any atom is -0.390 e. The van der Waals surface area contributed by atoms with E-state index >= 15 is 0 Å². The monoisotopic (exact) mass is 501 g/mol. The zero-order valence-corrected chi connectivity index (χ0v) is 21.0. The quantitative estimate of drug-likeness (QED) is 0.519.